The molecule has 2 heterocycles. The highest BCUT2D eigenvalue weighted by Gasteiger charge is 2.21. The minimum Gasteiger partial charge on any atom is -0.370 e. The van der Waals surface area contributed by atoms with E-state index in [4.69, 9.17) is 0 Å². The van der Waals surface area contributed by atoms with Gasteiger partial charge in [-0.3, -0.25) is 14.4 Å². The number of rotatable bonds is 4. The second-order valence-corrected chi connectivity index (χ2v) is 7.55. The SMILES string of the molecule is CCCC(=O)Nc1cc2c(cc1N1CCC(C)CC1)n(C)c(=O)c(=O)n2C. The zero-order valence-corrected chi connectivity index (χ0v) is 16.5. The van der Waals surface area contributed by atoms with Crippen LogP contribution in [0.1, 0.15) is 39.5 Å². The van der Waals surface area contributed by atoms with Crippen molar-refractivity contribution in [2.24, 2.45) is 20.0 Å². The fourth-order valence-electron chi connectivity index (χ4n) is 3.66. The molecule has 0 bridgehead atoms. The van der Waals surface area contributed by atoms with Crippen LogP contribution in [0.5, 0.6) is 0 Å². The number of nitrogens with zero attached hydrogens (tertiary/aromatic N) is 3. The summed E-state index contributed by atoms with van der Waals surface area (Å²) in [7, 11) is 3.20. The Balaban J connectivity index is 2.19. The van der Waals surface area contributed by atoms with E-state index in [1.807, 2.05) is 19.1 Å². The molecule has 1 aromatic carbocycles. The second-order valence-electron chi connectivity index (χ2n) is 7.55. The van der Waals surface area contributed by atoms with Crippen LogP contribution in [-0.2, 0) is 18.9 Å². The number of aryl methyl sites for hydroxylation is 2. The number of carbonyl (C=O) groups is 1. The zero-order chi connectivity index (χ0) is 19.7. The molecule has 1 saturated heterocycles. The van der Waals surface area contributed by atoms with Crippen molar-refractivity contribution in [1.29, 1.82) is 0 Å². The van der Waals surface area contributed by atoms with Crippen molar-refractivity contribution in [1.82, 2.24) is 9.13 Å². The third kappa shape index (κ3) is 3.63. The molecule has 0 aliphatic carbocycles. The lowest BCUT2D eigenvalue weighted by Crippen LogP contribution is -2.39. The molecule has 0 saturated carbocycles. The van der Waals surface area contributed by atoms with E-state index in [9.17, 15) is 14.4 Å². The number of hydrogen-bond acceptors (Lipinski definition) is 4. The van der Waals surface area contributed by atoms with Gasteiger partial charge in [-0.05, 0) is 37.3 Å². The topological polar surface area (TPSA) is 76.3 Å². The molecule has 1 aliphatic rings. The molecule has 7 nitrogen and oxygen atoms in total. The predicted octanol–water partition coefficient (Wildman–Crippen LogP) is 2.21. The lowest BCUT2D eigenvalue weighted by atomic mass is 9.98. The van der Waals surface area contributed by atoms with Gasteiger partial charge in [0.2, 0.25) is 5.91 Å². The standard InChI is InChI=1S/C20H28N4O3/c1-5-6-18(25)21-14-11-16-17(23(4)20(27)19(26)22(16)3)12-15(14)24-9-7-13(2)8-10-24/h11-13H,5-10H2,1-4H3,(H,21,25). The van der Waals surface area contributed by atoms with Gasteiger partial charge in [-0.25, -0.2) is 0 Å². The molecule has 1 N–H and O–H groups in total. The monoisotopic (exact) mass is 372 g/mol. The summed E-state index contributed by atoms with van der Waals surface area (Å²) in [6.45, 7) is 6.03. The third-order valence-electron chi connectivity index (χ3n) is 5.48. The first-order valence-corrected chi connectivity index (χ1v) is 9.62. The molecular formula is C20H28N4O3. The number of piperidine rings is 1. The Bertz CT molecular complexity index is 981. The summed E-state index contributed by atoms with van der Waals surface area (Å²) in [6, 6.07) is 3.74. The van der Waals surface area contributed by atoms with E-state index >= 15 is 0 Å². The molecular weight excluding hydrogens is 344 g/mol. The second kappa shape index (κ2) is 7.58. The van der Waals surface area contributed by atoms with E-state index in [-0.39, 0.29) is 5.91 Å². The fraction of sp³-hybridized carbons (Fsp3) is 0.550. The molecule has 3 rings (SSSR count). The van der Waals surface area contributed by atoms with Crippen molar-refractivity contribution in [2.75, 3.05) is 23.3 Å². The molecule has 1 amide bonds. The van der Waals surface area contributed by atoms with E-state index in [2.05, 4.69) is 17.1 Å². The van der Waals surface area contributed by atoms with Crippen LogP contribution >= 0.6 is 0 Å². The van der Waals surface area contributed by atoms with Crippen molar-refractivity contribution in [3.63, 3.8) is 0 Å². The molecule has 0 radical (unpaired) electrons. The van der Waals surface area contributed by atoms with Crippen LogP contribution in [0.25, 0.3) is 11.0 Å². The highest BCUT2D eigenvalue weighted by Crippen LogP contribution is 2.33. The molecule has 0 spiro atoms. The summed E-state index contributed by atoms with van der Waals surface area (Å²) < 4.78 is 2.75. The smallest absolute Gasteiger partial charge is 0.316 e. The summed E-state index contributed by atoms with van der Waals surface area (Å²) in [6.07, 6.45) is 3.39. The zero-order valence-electron chi connectivity index (χ0n) is 16.5. The molecule has 2 aromatic rings. The summed E-state index contributed by atoms with van der Waals surface area (Å²) in [5.41, 5.74) is 1.80. The van der Waals surface area contributed by atoms with Crippen LogP contribution in [0, 0.1) is 5.92 Å². The average molecular weight is 372 g/mol. The molecule has 1 aromatic heterocycles. The van der Waals surface area contributed by atoms with Gasteiger partial charge in [-0.15, -0.1) is 0 Å². The van der Waals surface area contributed by atoms with Gasteiger partial charge in [0.05, 0.1) is 22.4 Å². The fourth-order valence-corrected chi connectivity index (χ4v) is 3.66. The third-order valence-corrected chi connectivity index (χ3v) is 5.48. The Morgan fingerprint density at radius 1 is 1.07 bits per heavy atom. The van der Waals surface area contributed by atoms with E-state index in [0.29, 0.717) is 29.1 Å². The number of benzene rings is 1. The maximum Gasteiger partial charge on any atom is 0.316 e. The number of carbonyl (C=O) groups excluding carboxylic acids is 1. The predicted molar refractivity (Wildman–Crippen MR) is 109 cm³/mol. The first-order chi connectivity index (χ1) is 12.8. The van der Waals surface area contributed by atoms with Gasteiger partial charge < -0.3 is 19.4 Å². The van der Waals surface area contributed by atoms with Crippen molar-refractivity contribution in [3.8, 4) is 0 Å². The Morgan fingerprint density at radius 2 is 1.63 bits per heavy atom. The van der Waals surface area contributed by atoms with Gasteiger partial charge in [-0.2, -0.15) is 0 Å². The highest BCUT2D eigenvalue weighted by atomic mass is 16.2. The quantitative estimate of drug-likeness (QED) is 0.835. The lowest BCUT2D eigenvalue weighted by Gasteiger charge is -2.34. The van der Waals surface area contributed by atoms with Gasteiger partial charge in [0.15, 0.2) is 0 Å². The van der Waals surface area contributed by atoms with Crippen LogP contribution in [0.2, 0.25) is 0 Å². The van der Waals surface area contributed by atoms with Crippen LogP contribution < -0.4 is 21.3 Å². The van der Waals surface area contributed by atoms with Gasteiger partial charge in [-0.1, -0.05) is 13.8 Å². The van der Waals surface area contributed by atoms with Crippen molar-refractivity contribution in [2.45, 2.75) is 39.5 Å². The van der Waals surface area contributed by atoms with Crippen LogP contribution in [0.15, 0.2) is 21.7 Å². The Morgan fingerprint density at radius 3 is 2.19 bits per heavy atom. The van der Waals surface area contributed by atoms with Crippen LogP contribution in [0.4, 0.5) is 11.4 Å². The van der Waals surface area contributed by atoms with E-state index in [0.717, 1.165) is 38.0 Å². The summed E-state index contributed by atoms with van der Waals surface area (Å²) in [5, 5.41) is 3.01. The number of amides is 1. The Labute approximate surface area is 158 Å². The minimum absolute atomic E-state index is 0.0432. The van der Waals surface area contributed by atoms with E-state index < -0.39 is 11.1 Å². The largest absolute Gasteiger partial charge is 0.370 e. The molecule has 27 heavy (non-hydrogen) atoms. The lowest BCUT2D eigenvalue weighted by molar-refractivity contribution is -0.116. The minimum atomic E-state index is -0.574. The summed E-state index contributed by atoms with van der Waals surface area (Å²) >= 11 is 0. The molecule has 146 valence electrons. The number of anilines is 2. The maximum atomic E-state index is 12.3. The van der Waals surface area contributed by atoms with Crippen molar-refractivity contribution in [3.05, 3.63) is 32.8 Å². The molecule has 1 aliphatic heterocycles. The maximum absolute atomic E-state index is 12.3. The summed E-state index contributed by atoms with van der Waals surface area (Å²) in [4.78, 5) is 38.9. The first-order valence-electron chi connectivity index (χ1n) is 9.62. The van der Waals surface area contributed by atoms with Crippen LogP contribution in [-0.4, -0.2) is 28.1 Å². The number of aromatic nitrogens is 2. The van der Waals surface area contributed by atoms with Crippen molar-refractivity contribution >= 4 is 28.3 Å². The number of nitrogens with one attached hydrogen (secondary N) is 1. The molecule has 1 fully saturated rings. The molecule has 7 heteroatoms. The Kier molecular flexibility index (Phi) is 5.39. The normalized spacial score (nSPS) is 15.3. The first kappa shape index (κ1) is 19.2. The van der Waals surface area contributed by atoms with Gasteiger partial charge in [0, 0.05) is 33.6 Å². The van der Waals surface area contributed by atoms with Crippen LogP contribution in [0.3, 0.4) is 0 Å². The number of fused-ring (bicyclic) bond motifs is 1. The van der Waals surface area contributed by atoms with Crippen molar-refractivity contribution < 1.29 is 4.79 Å². The number of hydrogen-bond donors (Lipinski definition) is 1. The highest BCUT2D eigenvalue weighted by molar-refractivity contribution is 5.98. The van der Waals surface area contributed by atoms with Gasteiger partial charge in [0.25, 0.3) is 0 Å². The average Bonchev–Trinajstić information content (AvgIpc) is 2.65. The van der Waals surface area contributed by atoms with Gasteiger partial charge in [0.1, 0.15) is 0 Å². The van der Waals surface area contributed by atoms with E-state index in [1.165, 1.54) is 9.13 Å². The molecule has 0 unspecified atom stereocenters. The Hall–Kier alpha value is -2.57. The van der Waals surface area contributed by atoms with Gasteiger partial charge >= 0.3 is 11.1 Å². The van der Waals surface area contributed by atoms with E-state index in [1.54, 1.807) is 14.1 Å². The molecule has 0 atom stereocenters. The summed E-state index contributed by atoms with van der Waals surface area (Å²) in [5.74, 6) is 0.642.